The Kier molecular flexibility index (Phi) is 3.47. The number of aromatic nitrogens is 2. The summed E-state index contributed by atoms with van der Waals surface area (Å²) in [5, 5.41) is 3.17. The molecule has 0 bridgehead atoms. The fourth-order valence-electron chi connectivity index (χ4n) is 0.920. The van der Waals surface area contributed by atoms with Gasteiger partial charge in [0.2, 0.25) is 0 Å². The second-order valence-corrected chi connectivity index (χ2v) is 2.60. The summed E-state index contributed by atoms with van der Waals surface area (Å²) in [6.07, 6.45) is 3.22. The van der Waals surface area contributed by atoms with E-state index in [9.17, 15) is 0 Å². The number of anilines is 1. The minimum absolute atomic E-state index is 0.268. The average Bonchev–Trinajstić information content (AvgIpc) is 2.06. The summed E-state index contributed by atoms with van der Waals surface area (Å²) in [6.45, 7) is 2.70. The predicted octanol–water partition coefficient (Wildman–Crippen LogP) is 0.923. The lowest BCUT2D eigenvalue weighted by Gasteiger charge is -2.12. The number of hydrogen-bond acceptors (Lipinski definition) is 4. The van der Waals surface area contributed by atoms with Gasteiger partial charge >= 0.3 is 0 Å². The normalized spacial score (nSPS) is 12.5. The van der Waals surface area contributed by atoms with Crippen LogP contribution in [0.3, 0.4) is 0 Å². The van der Waals surface area contributed by atoms with E-state index in [4.69, 9.17) is 4.74 Å². The molecule has 1 aromatic rings. The number of ether oxygens (including phenoxy) is 1. The van der Waals surface area contributed by atoms with Crippen LogP contribution in [-0.4, -0.2) is 29.7 Å². The van der Waals surface area contributed by atoms with E-state index in [1.807, 2.05) is 13.0 Å². The van der Waals surface area contributed by atoms with Crippen LogP contribution in [-0.2, 0) is 4.74 Å². The van der Waals surface area contributed by atoms with Gasteiger partial charge in [-0.1, -0.05) is 0 Å². The molecule has 4 nitrogen and oxygen atoms in total. The van der Waals surface area contributed by atoms with E-state index < -0.39 is 0 Å². The first-order valence-corrected chi connectivity index (χ1v) is 3.84. The molecule has 0 aliphatic carbocycles. The minimum Gasteiger partial charge on any atom is -0.383 e. The second-order valence-electron chi connectivity index (χ2n) is 2.60. The first-order chi connectivity index (χ1) is 5.83. The largest absolute Gasteiger partial charge is 0.383 e. The highest BCUT2D eigenvalue weighted by Crippen LogP contribution is 2.00. The number of nitrogens with zero attached hydrogens (tertiary/aromatic N) is 2. The van der Waals surface area contributed by atoms with E-state index in [0.29, 0.717) is 6.61 Å². The van der Waals surface area contributed by atoms with Gasteiger partial charge in [0.15, 0.2) is 0 Å². The van der Waals surface area contributed by atoms with Gasteiger partial charge in [0, 0.05) is 19.3 Å². The molecule has 0 radical (unpaired) electrons. The van der Waals surface area contributed by atoms with Gasteiger partial charge in [-0.25, -0.2) is 9.97 Å². The second kappa shape index (κ2) is 4.66. The van der Waals surface area contributed by atoms with E-state index in [-0.39, 0.29) is 6.04 Å². The van der Waals surface area contributed by atoms with Crippen molar-refractivity contribution in [3.8, 4) is 0 Å². The zero-order chi connectivity index (χ0) is 8.81. The summed E-state index contributed by atoms with van der Waals surface area (Å²) in [5.74, 6) is 0.828. The van der Waals surface area contributed by atoms with Crippen LogP contribution in [0, 0.1) is 0 Å². The highest BCUT2D eigenvalue weighted by molar-refractivity contribution is 5.32. The highest BCUT2D eigenvalue weighted by Gasteiger charge is 2.00. The Labute approximate surface area is 72.0 Å². The smallest absolute Gasteiger partial charge is 0.129 e. The van der Waals surface area contributed by atoms with Crippen LogP contribution in [0.25, 0.3) is 0 Å². The van der Waals surface area contributed by atoms with Crippen LogP contribution in [0.4, 0.5) is 5.82 Å². The van der Waals surface area contributed by atoms with Crippen LogP contribution >= 0.6 is 0 Å². The fourth-order valence-corrected chi connectivity index (χ4v) is 0.920. The molecule has 1 heterocycles. The van der Waals surface area contributed by atoms with Gasteiger partial charge in [-0.05, 0) is 13.0 Å². The Morgan fingerprint density at radius 1 is 1.67 bits per heavy atom. The minimum atomic E-state index is 0.268. The third-order valence-corrected chi connectivity index (χ3v) is 1.39. The quantitative estimate of drug-likeness (QED) is 0.724. The van der Waals surface area contributed by atoms with Crippen LogP contribution in [0.15, 0.2) is 18.6 Å². The van der Waals surface area contributed by atoms with Crippen molar-refractivity contribution in [2.45, 2.75) is 13.0 Å². The molecule has 0 saturated carbocycles. The Balaban J connectivity index is 2.41. The molecule has 0 aliphatic heterocycles. The maximum absolute atomic E-state index is 4.97. The summed E-state index contributed by atoms with van der Waals surface area (Å²) in [5.41, 5.74) is 0. The van der Waals surface area contributed by atoms with Crippen LogP contribution in [0.1, 0.15) is 6.92 Å². The summed E-state index contributed by atoms with van der Waals surface area (Å²) in [7, 11) is 1.68. The molecule has 66 valence electrons. The van der Waals surface area contributed by atoms with Crippen molar-refractivity contribution in [2.75, 3.05) is 19.0 Å². The van der Waals surface area contributed by atoms with E-state index >= 15 is 0 Å². The average molecular weight is 167 g/mol. The number of hydrogen-bond donors (Lipinski definition) is 1. The molecule has 4 heteroatoms. The third kappa shape index (κ3) is 2.84. The lowest BCUT2D eigenvalue weighted by Crippen LogP contribution is -2.21. The Hall–Kier alpha value is -1.16. The number of nitrogens with one attached hydrogen (secondary N) is 1. The number of rotatable bonds is 4. The highest BCUT2D eigenvalue weighted by atomic mass is 16.5. The van der Waals surface area contributed by atoms with E-state index in [0.717, 1.165) is 5.82 Å². The fraction of sp³-hybridized carbons (Fsp3) is 0.500. The van der Waals surface area contributed by atoms with Crippen LogP contribution in [0.2, 0.25) is 0 Å². The Morgan fingerprint density at radius 3 is 3.08 bits per heavy atom. The lowest BCUT2D eigenvalue weighted by molar-refractivity contribution is 0.190. The molecular formula is C8H13N3O. The molecule has 1 unspecified atom stereocenters. The van der Waals surface area contributed by atoms with Crippen LogP contribution < -0.4 is 5.32 Å². The van der Waals surface area contributed by atoms with Gasteiger partial charge in [-0.3, -0.25) is 0 Å². The molecular weight excluding hydrogens is 154 g/mol. The lowest BCUT2D eigenvalue weighted by atomic mass is 10.3. The van der Waals surface area contributed by atoms with Crippen molar-refractivity contribution in [2.24, 2.45) is 0 Å². The zero-order valence-electron chi connectivity index (χ0n) is 7.32. The van der Waals surface area contributed by atoms with Crippen molar-refractivity contribution in [1.82, 2.24) is 9.97 Å². The zero-order valence-corrected chi connectivity index (χ0v) is 7.32. The van der Waals surface area contributed by atoms with Gasteiger partial charge in [0.1, 0.15) is 12.1 Å². The topological polar surface area (TPSA) is 47.0 Å². The van der Waals surface area contributed by atoms with Crippen molar-refractivity contribution < 1.29 is 4.74 Å². The molecule has 0 fully saturated rings. The Morgan fingerprint density at radius 2 is 2.50 bits per heavy atom. The van der Waals surface area contributed by atoms with Crippen LogP contribution in [0.5, 0.6) is 0 Å². The molecule has 0 spiro atoms. The maximum atomic E-state index is 4.97. The molecule has 0 aromatic carbocycles. The van der Waals surface area contributed by atoms with E-state index in [1.165, 1.54) is 6.33 Å². The monoisotopic (exact) mass is 167 g/mol. The predicted molar refractivity (Wildman–Crippen MR) is 47.0 cm³/mol. The van der Waals surface area contributed by atoms with Gasteiger partial charge in [-0.2, -0.15) is 0 Å². The summed E-state index contributed by atoms with van der Waals surface area (Å²) in [6, 6.07) is 2.09. The maximum Gasteiger partial charge on any atom is 0.129 e. The molecule has 1 N–H and O–H groups in total. The van der Waals surface area contributed by atoms with Gasteiger partial charge in [-0.15, -0.1) is 0 Å². The molecule has 0 aliphatic rings. The molecule has 1 aromatic heterocycles. The van der Waals surface area contributed by atoms with Gasteiger partial charge in [0.05, 0.1) is 6.61 Å². The van der Waals surface area contributed by atoms with Crippen molar-refractivity contribution >= 4 is 5.82 Å². The molecule has 0 saturated heterocycles. The van der Waals surface area contributed by atoms with Gasteiger partial charge in [0.25, 0.3) is 0 Å². The Bertz CT molecular complexity index is 215. The standard InChI is InChI=1S/C8H13N3O/c1-7(5-12-2)11-8-3-4-9-6-10-8/h3-4,6-7H,5H2,1-2H3,(H,9,10,11). The van der Waals surface area contributed by atoms with Gasteiger partial charge < -0.3 is 10.1 Å². The van der Waals surface area contributed by atoms with Crippen molar-refractivity contribution in [3.05, 3.63) is 18.6 Å². The third-order valence-electron chi connectivity index (χ3n) is 1.39. The summed E-state index contributed by atoms with van der Waals surface area (Å²) < 4.78 is 4.97. The molecule has 12 heavy (non-hydrogen) atoms. The van der Waals surface area contributed by atoms with Crippen molar-refractivity contribution in [1.29, 1.82) is 0 Å². The van der Waals surface area contributed by atoms with E-state index in [1.54, 1.807) is 13.3 Å². The first kappa shape index (κ1) is 8.93. The summed E-state index contributed by atoms with van der Waals surface area (Å²) in [4.78, 5) is 7.84. The SMILES string of the molecule is COCC(C)Nc1ccncn1. The van der Waals surface area contributed by atoms with E-state index in [2.05, 4.69) is 15.3 Å². The number of methoxy groups -OCH3 is 1. The van der Waals surface area contributed by atoms with Crippen molar-refractivity contribution in [3.63, 3.8) is 0 Å². The molecule has 0 amide bonds. The summed E-state index contributed by atoms with van der Waals surface area (Å²) >= 11 is 0. The molecule has 1 atom stereocenters. The molecule has 1 rings (SSSR count). The first-order valence-electron chi connectivity index (χ1n) is 3.84.